The van der Waals surface area contributed by atoms with Crippen molar-refractivity contribution in [2.24, 2.45) is 4.99 Å². The Balaban J connectivity index is 1.90. The molecule has 0 radical (unpaired) electrons. The normalized spacial score (nSPS) is 14.0. The van der Waals surface area contributed by atoms with E-state index in [1.54, 1.807) is 0 Å². The molecular weight excluding hydrogens is 391 g/mol. The molecule has 0 unspecified atom stereocenters. The maximum Gasteiger partial charge on any atom is 0.401 e. The first kappa shape index (κ1) is 21.8. The molecule has 1 aromatic carbocycles. The third-order valence-corrected chi connectivity index (χ3v) is 3.68. The lowest BCUT2D eigenvalue weighted by Crippen LogP contribution is -2.42. The number of nitrogens with one attached hydrogen (secondary N) is 2. The summed E-state index contributed by atoms with van der Waals surface area (Å²) < 4.78 is 77.1. The monoisotopic (exact) mass is 412 g/mol. The largest absolute Gasteiger partial charge is 0.454 e. The summed E-state index contributed by atoms with van der Waals surface area (Å²) in [6, 6.07) is 2.82. The summed E-state index contributed by atoms with van der Waals surface area (Å²) in [6.07, 6.45) is -4.27. The molecule has 0 saturated carbocycles. The van der Waals surface area contributed by atoms with Crippen molar-refractivity contribution in [3.05, 3.63) is 17.7 Å². The van der Waals surface area contributed by atoms with Gasteiger partial charge in [-0.2, -0.15) is 22.0 Å². The molecule has 0 saturated heterocycles. The summed E-state index contributed by atoms with van der Waals surface area (Å²) in [7, 11) is 2.83. The third kappa shape index (κ3) is 6.91. The summed E-state index contributed by atoms with van der Waals surface area (Å²) in [5.74, 6) is 0.915. The topological polar surface area (TPSA) is 67.4 Å². The van der Waals surface area contributed by atoms with Crippen LogP contribution in [0.2, 0.25) is 0 Å². The second kappa shape index (κ2) is 9.62. The van der Waals surface area contributed by atoms with Crippen LogP contribution in [0.5, 0.6) is 17.2 Å². The van der Waals surface area contributed by atoms with Gasteiger partial charge >= 0.3 is 12.8 Å². The fraction of sp³-hybridized carbons (Fsp3) is 0.562. The fourth-order valence-corrected chi connectivity index (χ4v) is 2.46. The highest BCUT2D eigenvalue weighted by Gasteiger charge is 2.28. The average Bonchev–Trinajstić information content (AvgIpc) is 3.02. The van der Waals surface area contributed by atoms with E-state index in [4.69, 9.17) is 9.47 Å². The molecule has 0 atom stereocenters. The van der Waals surface area contributed by atoms with Gasteiger partial charge in [0.2, 0.25) is 6.79 Å². The van der Waals surface area contributed by atoms with E-state index in [0.717, 1.165) is 4.90 Å². The number of alkyl halides is 5. The van der Waals surface area contributed by atoms with Crippen molar-refractivity contribution in [2.45, 2.75) is 19.3 Å². The molecule has 158 valence electrons. The zero-order valence-corrected chi connectivity index (χ0v) is 15.3. The molecule has 1 aliphatic rings. The van der Waals surface area contributed by atoms with Crippen molar-refractivity contribution in [3.63, 3.8) is 0 Å². The predicted molar refractivity (Wildman–Crippen MR) is 91.0 cm³/mol. The number of fused-ring (bicyclic) bond motifs is 1. The minimum absolute atomic E-state index is 0.0188. The van der Waals surface area contributed by atoms with E-state index in [1.165, 1.54) is 26.2 Å². The molecule has 1 aliphatic heterocycles. The first-order valence-electron chi connectivity index (χ1n) is 8.25. The molecule has 0 fully saturated rings. The van der Waals surface area contributed by atoms with Gasteiger partial charge < -0.3 is 24.8 Å². The van der Waals surface area contributed by atoms with E-state index in [1.807, 2.05) is 0 Å². The molecule has 28 heavy (non-hydrogen) atoms. The Labute approximate surface area is 158 Å². The molecule has 12 heteroatoms. The third-order valence-electron chi connectivity index (χ3n) is 3.68. The molecule has 7 nitrogen and oxygen atoms in total. The number of likely N-dealkylation sites (N-methyl/N-ethyl adjacent to an activating group) is 1. The van der Waals surface area contributed by atoms with E-state index in [-0.39, 0.29) is 32.2 Å². The van der Waals surface area contributed by atoms with Crippen LogP contribution in [0.25, 0.3) is 0 Å². The first-order valence-corrected chi connectivity index (χ1v) is 8.25. The number of hydrogen-bond donors (Lipinski definition) is 2. The Hall–Kier alpha value is -2.50. The number of guanidine groups is 1. The zero-order chi connectivity index (χ0) is 20.7. The molecule has 0 aliphatic carbocycles. The quantitative estimate of drug-likeness (QED) is 0.388. The lowest BCUT2D eigenvalue weighted by Gasteiger charge is -2.20. The zero-order valence-electron chi connectivity index (χ0n) is 15.3. The number of benzene rings is 1. The van der Waals surface area contributed by atoms with E-state index >= 15 is 0 Å². The molecule has 0 bridgehead atoms. The van der Waals surface area contributed by atoms with Crippen molar-refractivity contribution >= 4 is 5.96 Å². The highest BCUT2D eigenvalue weighted by atomic mass is 19.4. The number of rotatable bonds is 8. The van der Waals surface area contributed by atoms with Crippen LogP contribution >= 0.6 is 0 Å². The summed E-state index contributed by atoms with van der Waals surface area (Å²) in [6.45, 7) is -3.66. The van der Waals surface area contributed by atoms with E-state index in [0.29, 0.717) is 23.0 Å². The number of hydrogen-bond acceptors (Lipinski definition) is 5. The van der Waals surface area contributed by atoms with Gasteiger partial charge in [-0.15, -0.1) is 0 Å². The molecule has 2 rings (SSSR count). The highest BCUT2D eigenvalue weighted by Crippen LogP contribution is 2.38. The SMILES string of the molecule is CN=C(NCCN(C)CC(F)(F)F)NCc1cc2c(cc1OC(F)F)OCO2. The van der Waals surface area contributed by atoms with Crippen LogP contribution in [-0.4, -0.2) is 64.2 Å². The number of nitrogens with zero attached hydrogens (tertiary/aromatic N) is 2. The first-order chi connectivity index (χ1) is 13.2. The molecular formula is C16H21F5N4O3. The summed E-state index contributed by atoms with van der Waals surface area (Å²) in [5.41, 5.74) is 0.377. The van der Waals surface area contributed by atoms with Crippen molar-refractivity contribution < 1.29 is 36.2 Å². The summed E-state index contributed by atoms with van der Waals surface area (Å²) in [4.78, 5) is 5.06. The number of halogens is 5. The van der Waals surface area contributed by atoms with E-state index in [9.17, 15) is 22.0 Å². The molecule has 0 spiro atoms. The molecule has 1 aromatic rings. The maximum atomic E-state index is 12.6. The minimum atomic E-state index is -4.27. The predicted octanol–water partition coefficient (Wildman–Crippen LogP) is 2.18. The Morgan fingerprint density at radius 2 is 1.93 bits per heavy atom. The molecule has 0 amide bonds. The molecule has 1 heterocycles. The minimum Gasteiger partial charge on any atom is -0.454 e. The number of aliphatic imine (C=N–C) groups is 1. The number of ether oxygens (including phenoxy) is 3. The molecule has 2 N–H and O–H groups in total. The Bertz CT molecular complexity index is 685. The van der Waals surface area contributed by atoms with Crippen LogP contribution in [0.4, 0.5) is 22.0 Å². The Morgan fingerprint density at radius 1 is 1.25 bits per heavy atom. The summed E-state index contributed by atoms with van der Waals surface area (Å²) in [5, 5.41) is 5.74. The van der Waals surface area contributed by atoms with Crippen LogP contribution in [0, 0.1) is 0 Å². The second-order valence-corrected chi connectivity index (χ2v) is 5.90. The second-order valence-electron chi connectivity index (χ2n) is 5.90. The van der Waals surface area contributed by atoms with Crippen LogP contribution in [0.15, 0.2) is 17.1 Å². The van der Waals surface area contributed by atoms with E-state index < -0.39 is 19.3 Å². The van der Waals surface area contributed by atoms with Crippen molar-refractivity contribution in [3.8, 4) is 17.2 Å². The fourth-order valence-electron chi connectivity index (χ4n) is 2.46. The van der Waals surface area contributed by atoms with Gasteiger partial charge in [-0.25, -0.2) is 0 Å². The van der Waals surface area contributed by atoms with Gasteiger partial charge in [0.1, 0.15) is 5.75 Å². The van der Waals surface area contributed by atoms with Crippen molar-refractivity contribution in [1.29, 1.82) is 0 Å². The van der Waals surface area contributed by atoms with Gasteiger partial charge in [-0.3, -0.25) is 9.89 Å². The smallest absolute Gasteiger partial charge is 0.401 e. The van der Waals surface area contributed by atoms with Crippen LogP contribution < -0.4 is 24.8 Å². The van der Waals surface area contributed by atoms with Gasteiger partial charge in [0.05, 0.1) is 6.54 Å². The Kier molecular flexibility index (Phi) is 7.49. The van der Waals surface area contributed by atoms with Gasteiger partial charge in [0.15, 0.2) is 17.5 Å². The van der Waals surface area contributed by atoms with Gasteiger partial charge in [-0.1, -0.05) is 0 Å². The van der Waals surface area contributed by atoms with Gasteiger partial charge in [0, 0.05) is 38.3 Å². The maximum absolute atomic E-state index is 12.6. The van der Waals surface area contributed by atoms with Crippen molar-refractivity contribution in [1.82, 2.24) is 15.5 Å². The Morgan fingerprint density at radius 3 is 2.54 bits per heavy atom. The van der Waals surface area contributed by atoms with Crippen LogP contribution in [0.1, 0.15) is 5.56 Å². The average molecular weight is 412 g/mol. The standard InChI is InChI=1S/C16H21F5N4O3/c1-22-15(23-3-4-25(2)8-16(19,20)21)24-7-10-5-12-13(27-9-26-12)6-11(10)28-14(17)18/h5-6,14H,3-4,7-9H2,1-2H3,(H2,22,23,24). The highest BCUT2D eigenvalue weighted by molar-refractivity contribution is 5.79. The van der Waals surface area contributed by atoms with E-state index in [2.05, 4.69) is 20.4 Å². The van der Waals surface area contributed by atoms with Crippen LogP contribution in [0.3, 0.4) is 0 Å². The lowest BCUT2D eigenvalue weighted by atomic mass is 10.1. The van der Waals surface area contributed by atoms with Crippen molar-refractivity contribution in [2.75, 3.05) is 40.5 Å². The molecule has 0 aromatic heterocycles. The lowest BCUT2D eigenvalue weighted by molar-refractivity contribution is -0.142. The summed E-state index contributed by atoms with van der Waals surface area (Å²) >= 11 is 0. The van der Waals surface area contributed by atoms with Gasteiger partial charge in [0.25, 0.3) is 0 Å². The van der Waals surface area contributed by atoms with Crippen LogP contribution in [-0.2, 0) is 6.54 Å². The van der Waals surface area contributed by atoms with Gasteiger partial charge in [-0.05, 0) is 13.1 Å².